The van der Waals surface area contributed by atoms with E-state index < -0.39 is 29.1 Å². The number of phenolic OH excluding ortho intramolecular Hbond substituents is 1. The molecule has 0 radical (unpaired) electrons. The van der Waals surface area contributed by atoms with Crippen molar-refractivity contribution in [2.45, 2.75) is 0 Å². The van der Waals surface area contributed by atoms with Crippen molar-refractivity contribution in [3.8, 4) is 17.2 Å². The van der Waals surface area contributed by atoms with E-state index in [-0.39, 0.29) is 33.8 Å². The van der Waals surface area contributed by atoms with Gasteiger partial charge in [-0.25, -0.2) is 13.8 Å². The smallest absolute Gasteiger partial charge is 0.255 e. The molecule has 4 aromatic carbocycles. The van der Waals surface area contributed by atoms with Crippen LogP contribution in [0.2, 0.25) is 0 Å². The van der Waals surface area contributed by atoms with E-state index in [2.05, 4.69) is 10.3 Å². The fourth-order valence-corrected chi connectivity index (χ4v) is 3.59. The van der Waals surface area contributed by atoms with Crippen molar-refractivity contribution in [2.75, 3.05) is 5.32 Å². The normalized spacial score (nSPS) is 10.9. The Morgan fingerprint density at radius 1 is 0.829 bits per heavy atom. The third-order valence-corrected chi connectivity index (χ3v) is 5.35. The van der Waals surface area contributed by atoms with Crippen LogP contribution in [-0.4, -0.2) is 21.8 Å². The molecule has 0 unspecified atom stereocenters. The van der Waals surface area contributed by atoms with Crippen molar-refractivity contribution in [3.05, 3.63) is 113 Å². The number of amides is 1. The summed E-state index contributed by atoms with van der Waals surface area (Å²) in [5, 5.41) is 13.7. The Balaban J connectivity index is 1.61. The molecular formula is C27H16F2N2O4. The molecule has 2 N–H and O–H groups in total. The number of rotatable bonds is 5. The van der Waals surface area contributed by atoms with Crippen LogP contribution in [0.4, 0.5) is 14.5 Å². The van der Waals surface area contributed by atoms with Crippen LogP contribution in [-0.2, 0) is 0 Å². The zero-order chi connectivity index (χ0) is 24.5. The first kappa shape index (κ1) is 22.0. The highest BCUT2D eigenvalue weighted by Crippen LogP contribution is 2.37. The van der Waals surface area contributed by atoms with Gasteiger partial charge in [-0.1, -0.05) is 12.1 Å². The summed E-state index contributed by atoms with van der Waals surface area (Å²) in [6.07, 6.45) is 0. The molecule has 0 aliphatic carbocycles. The van der Waals surface area contributed by atoms with Crippen molar-refractivity contribution in [2.24, 2.45) is 0 Å². The second-order valence-electron chi connectivity index (χ2n) is 7.70. The molecule has 0 spiro atoms. The molecule has 0 bridgehead atoms. The first-order chi connectivity index (χ1) is 16.9. The number of nitrogens with zero attached hydrogens (tertiary/aromatic N) is 1. The van der Waals surface area contributed by atoms with Gasteiger partial charge in [0.25, 0.3) is 5.91 Å². The Morgan fingerprint density at radius 2 is 1.46 bits per heavy atom. The van der Waals surface area contributed by atoms with Crippen LogP contribution in [0.1, 0.15) is 26.3 Å². The molecule has 35 heavy (non-hydrogen) atoms. The van der Waals surface area contributed by atoms with Gasteiger partial charge < -0.3 is 14.8 Å². The van der Waals surface area contributed by atoms with E-state index in [0.29, 0.717) is 11.1 Å². The summed E-state index contributed by atoms with van der Waals surface area (Å²) >= 11 is 0. The van der Waals surface area contributed by atoms with Crippen LogP contribution in [0, 0.1) is 11.6 Å². The molecule has 0 fully saturated rings. The minimum Gasteiger partial charge on any atom is -0.506 e. The van der Waals surface area contributed by atoms with E-state index in [1.807, 2.05) is 0 Å². The molecule has 0 aliphatic heterocycles. The van der Waals surface area contributed by atoms with Crippen molar-refractivity contribution >= 4 is 28.5 Å². The number of aromatic nitrogens is 1. The Kier molecular flexibility index (Phi) is 5.54. The van der Waals surface area contributed by atoms with Crippen LogP contribution in [0.3, 0.4) is 0 Å². The number of anilines is 1. The molecule has 0 saturated heterocycles. The molecule has 1 heterocycles. The van der Waals surface area contributed by atoms with E-state index in [1.165, 1.54) is 36.4 Å². The topological polar surface area (TPSA) is 92.4 Å². The number of halogens is 2. The van der Waals surface area contributed by atoms with Gasteiger partial charge in [-0.15, -0.1) is 0 Å². The summed E-state index contributed by atoms with van der Waals surface area (Å²) in [4.78, 5) is 30.3. The quantitative estimate of drug-likeness (QED) is 0.244. The second kappa shape index (κ2) is 8.83. The van der Waals surface area contributed by atoms with Crippen LogP contribution in [0.25, 0.3) is 22.6 Å². The number of hydrogen-bond acceptors (Lipinski definition) is 5. The molecule has 1 amide bonds. The Morgan fingerprint density at radius 3 is 2.11 bits per heavy atom. The van der Waals surface area contributed by atoms with Crippen molar-refractivity contribution in [1.82, 2.24) is 4.98 Å². The third kappa shape index (κ3) is 4.37. The van der Waals surface area contributed by atoms with Crippen LogP contribution >= 0.6 is 0 Å². The lowest BCUT2D eigenvalue weighted by molar-refractivity contribution is 0.102. The summed E-state index contributed by atoms with van der Waals surface area (Å²) in [5.41, 5.74) is 1.42. The average Bonchev–Trinajstić information content (AvgIpc) is 3.29. The Bertz CT molecular complexity index is 1540. The predicted octanol–water partition coefficient (Wildman–Crippen LogP) is 5.96. The molecule has 0 aliphatic rings. The van der Waals surface area contributed by atoms with Gasteiger partial charge in [-0.2, -0.15) is 0 Å². The highest BCUT2D eigenvalue weighted by atomic mass is 19.1. The monoisotopic (exact) mass is 470 g/mol. The fourth-order valence-electron chi connectivity index (χ4n) is 3.59. The van der Waals surface area contributed by atoms with E-state index >= 15 is 0 Å². The zero-order valence-corrected chi connectivity index (χ0v) is 18.0. The van der Waals surface area contributed by atoms with Gasteiger partial charge in [0.1, 0.15) is 22.9 Å². The number of para-hydroxylation sites is 2. The van der Waals surface area contributed by atoms with Crippen molar-refractivity contribution in [1.29, 1.82) is 0 Å². The molecule has 5 rings (SSSR count). The number of oxazole rings is 1. The van der Waals surface area contributed by atoms with Gasteiger partial charge in [0.15, 0.2) is 11.4 Å². The summed E-state index contributed by atoms with van der Waals surface area (Å²) in [6.45, 7) is 0. The molecule has 0 atom stereocenters. The predicted molar refractivity (Wildman–Crippen MR) is 125 cm³/mol. The van der Waals surface area contributed by atoms with Gasteiger partial charge in [0.05, 0.1) is 11.1 Å². The maximum atomic E-state index is 13.4. The van der Waals surface area contributed by atoms with Crippen LogP contribution in [0.15, 0.2) is 89.3 Å². The molecule has 172 valence electrons. The molecule has 8 heteroatoms. The number of carbonyl (C=O) groups is 2. The van der Waals surface area contributed by atoms with Gasteiger partial charge in [-0.3, -0.25) is 9.59 Å². The minimum atomic E-state index is -0.599. The first-order valence-electron chi connectivity index (χ1n) is 10.5. The number of aromatic hydroxyl groups is 1. The maximum Gasteiger partial charge on any atom is 0.255 e. The summed E-state index contributed by atoms with van der Waals surface area (Å²) in [7, 11) is 0. The maximum absolute atomic E-state index is 13.4. The van der Waals surface area contributed by atoms with E-state index in [4.69, 9.17) is 4.42 Å². The molecule has 5 aromatic rings. The standard InChI is InChI=1S/C27H16F2N2O4/c28-17-9-5-15(6-10-17)24(32)20-13-19(30-26(34)16-7-11-18(29)12-8-16)14-21(25(20)33)27-31-22-3-1-2-4-23(22)35-27/h1-14,33H,(H,30,34). The Labute approximate surface area is 197 Å². The van der Waals surface area contributed by atoms with E-state index in [9.17, 15) is 23.5 Å². The zero-order valence-electron chi connectivity index (χ0n) is 18.0. The number of benzene rings is 4. The molecule has 0 saturated carbocycles. The average molecular weight is 470 g/mol. The SMILES string of the molecule is O=C(Nc1cc(C(=O)c2ccc(F)cc2)c(O)c(-c2nc3ccccc3o2)c1)c1ccc(F)cc1. The molecular weight excluding hydrogens is 454 g/mol. The number of ketones is 1. The largest absolute Gasteiger partial charge is 0.506 e. The number of phenols is 1. The third-order valence-electron chi connectivity index (χ3n) is 5.35. The summed E-state index contributed by atoms with van der Waals surface area (Å²) in [6, 6.07) is 19.5. The Hall–Kier alpha value is -4.85. The first-order valence-corrected chi connectivity index (χ1v) is 10.5. The lowest BCUT2D eigenvalue weighted by Gasteiger charge is -2.12. The summed E-state index contributed by atoms with van der Waals surface area (Å²) < 4.78 is 32.4. The van der Waals surface area contributed by atoms with Gasteiger partial charge >= 0.3 is 0 Å². The number of fused-ring (bicyclic) bond motifs is 1. The van der Waals surface area contributed by atoms with Crippen molar-refractivity contribution < 1.29 is 27.9 Å². The second-order valence-corrected chi connectivity index (χ2v) is 7.70. The number of hydrogen-bond donors (Lipinski definition) is 2. The van der Waals surface area contributed by atoms with E-state index in [0.717, 1.165) is 24.3 Å². The van der Waals surface area contributed by atoms with Gasteiger partial charge in [-0.05, 0) is 72.8 Å². The lowest BCUT2D eigenvalue weighted by atomic mass is 9.98. The number of carbonyl (C=O) groups excluding carboxylic acids is 2. The van der Waals surface area contributed by atoms with Crippen molar-refractivity contribution in [3.63, 3.8) is 0 Å². The van der Waals surface area contributed by atoms with Crippen LogP contribution in [0.5, 0.6) is 5.75 Å². The molecule has 6 nitrogen and oxygen atoms in total. The van der Waals surface area contributed by atoms with E-state index in [1.54, 1.807) is 24.3 Å². The highest BCUT2D eigenvalue weighted by Gasteiger charge is 2.23. The fraction of sp³-hybridized carbons (Fsp3) is 0. The summed E-state index contributed by atoms with van der Waals surface area (Å²) in [5.74, 6) is -2.53. The highest BCUT2D eigenvalue weighted by molar-refractivity contribution is 6.13. The number of nitrogens with one attached hydrogen (secondary N) is 1. The van der Waals surface area contributed by atoms with Crippen LogP contribution < -0.4 is 5.32 Å². The minimum absolute atomic E-state index is 0.0368. The van der Waals surface area contributed by atoms with Gasteiger partial charge in [0.2, 0.25) is 5.89 Å². The molecule has 1 aromatic heterocycles. The lowest BCUT2D eigenvalue weighted by Crippen LogP contribution is -2.13. The van der Waals surface area contributed by atoms with Gasteiger partial charge in [0, 0.05) is 16.8 Å².